The lowest BCUT2D eigenvalue weighted by molar-refractivity contribution is -0.165. The molecule has 4 fully saturated rings. The van der Waals surface area contributed by atoms with E-state index in [9.17, 15) is 14.4 Å². The minimum absolute atomic E-state index is 0.0544. The van der Waals surface area contributed by atoms with E-state index in [2.05, 4.69) is 20.8 Å². The second kappa shape index (κ2) is 6.95. The van der Waals surface area contributed by atoms with Gasteiger partial charge in [0.25, 0.3) is 0 Å². The molecule has 0 spiro atoms. The van der Waals surface area contributed by atoms with Crippen LogP contribution in [0.2, 0.25) is 0 Å². The molecule has 28 heavy (non-hydrogen) atoms. The van der Waals surface area contributed by atoms with E-state index in [0.717, 1.165) is 25.7 Å². The van der Waals surface area contributed by atoms with Crippen LogP contribution in [-0.2, 0) is 14.4 Å². The van der Waals surface area contributed by atoms with Gasteiger partial charge in [-0.2, -0.15) is 0 Å². The molecule has 0 bridgehead atoms. The van der Waals surface area contributed by atoms with Gasteiger partial charge in [0.05, 0.1) is 0 Å². The highest BCUT2D eigenvalue weighted by atomic mass is 16.4. The number of rotatable bonds is 4. The second-order valence-corrected chi connectivity index (χ2v) is 10.9. The summed E-state index contributed by atoms with van der Waals surface area (Å²) in [5.41, 5.74) is -0.284. The Morgan fingerprint density at radius 3 is 2.57 bits per heavy atom. The number of hydrogen-bond donors (Lipinski definition) is 1. The second-order valence-electron chi connectivity index (χ2n) is 10.9. The van der Waals surface area contributed by atoms with Gasteiger partial charge < -0.3 is 5.11 Å². The molecule has 0 aromatic carbocycles. The van der Waals surface area contributed by atoms with Gasteiger partial charge in [0.2, 0.25) is 0 Å². The molecule has 156 valence electrons. The van der Waals surface area contributed by atoms with Gasteiger partial charge in [0.15, 0.2) is 0 Å². The highest BCUT2D eigenvalue weighted by Crippen LogP contribution is 2.66. The first-order valence-electron chi connectivity index (χ1n) is 11.5. The van der Waals surface area contributed by atoms with E-state index in [1.165, 1.54) is 19.3 Å². The number of ketones is 2. The topological polar surface area (TPSA) is 71.4 Å². The summed E-state index contributed by atoms with van der Waals surface area (Å²) in [4.78, 5) is 38.0. The summed E-state index contributed by atoms with van der Waals surface area (Å²) in [6.45, 7) is 6.61. The van der Waals surface area contributed by atoms with Crippen molar-refractivity contribution in [2.75, 3.05) is 0 Å². The number of carbonyl (C=O) groups excluding carboxylic acids is 2. The van der Waals surface area contributed by atoms with Crippen LogP contribution in [0.4, 0.5) is 0 Å². The Bertz CT molecular complexity index is 684. The quantitative estimate of drug-likeness (QED) is 0.744. The zero-order chi connectivity index (χ0) is 20.3. The van der Waals surface area contributed by atoms with E-state index in [1.54, 1.807) is 0 Å². The molecule has 4 saturated carbocycles. The molecule has 0 amide bonds. The molecule has 0 saturated heterocycles. The monoisotopic (exact) mass is 388 g/mol. The van der Waals surface area contributed by atoms with Crippen molar-refractivity contribution in [3.8, 4) is 0 Å². The van der Waals surface area contributed by atoms with Gasteiger partial charge in [-0.15, -0.1) is 0 Å². The molecule has 0 radical (unpaired) electrons. The molecule has 8 atom stereocenters. The number of fused-ring (bicyclic) bond motifs is 5. The Hall–Kier alpha value is -1.19. The average molecular weight is 389 g/mol. The van der Waals surface area contributed by atoms with Gasteiger partial charge in [0, 0.05) is 30.6 Å². The van der Waals surface area contributed by atoms with Crippen molar-refractivity contribution in [3.63, 3.8) is 0 Å². The molecule has 0 heterocycles. The summed E-state index contributed by atoms with van der Waals surface area (Å²) in [5.74, 6) is 1.39. The maximum atomic E-state index is 13.6. The third-order valence-corrected chi connectivity index (χ3v) is 9.82. The SMILES string of the molecule is C[C@H](CCC(=O)O)[C@H]1CC[C@H]2[C@@H]3C(=O)C[C@H]4CCCC[C@]4(C)[C@H]3CC(=O)[C@]12C. The fourth-order valence-corrected chi connectivity index (χ4v) is 8.18. The van der Waals surface area contributed by atoms with Gasteiger partial charge >= 0.3 is 5.97 Å². The molecule has 0 aliphatic heterocycles. The van der Waals surface area contributed by atoms with Crippen LogP contribution in [0.25, 0.3) is 0 Å². The van der Waals surface area contributed by atoms with Crippen LogP contribution in [0.3, 0.4) is 0 Å². The molecule has 0 aromatic rings. The molecule has 4 nitrogen and oxygen atoms in total. The molecule has 1 N–H and O–H groups in total. The van der Waals surface area contributed by atoms with E-state index in [4.69, 9.17) is 5.11 Å². The Kier molecular flexibility index (Phi) is 4.99. The summed E-state index contributed by atoms with van der Waals surface area (Å²) < 4.78 is 0. The Morgan fingerprint density at radius 1 is 1.11 bits per heavy atom. The largest absolute Gasteiger partial charge is 0.481 e. The van der Waals surface area contributed by atoms with Crippen molar-refractivity contribution < 1.29 is 19.5 Å². The van der Waals surface area contributed by atoms with Crippen LogP contribution in [0.1, 0.15) is 85.0 Å². The number of carbonyl (C=O) groups is 3. The Labute approximate surface area is 168 Å². The predicted molar refractivity (Wildman–Crippen MR) is 107 cm³/mol. The lowest BCUT2D eigenvalue weighted by atomic mass is 9.44. The minimum Gasteiger partial charge on any atom is -0.481 e. The molecular formula is C24H36O4. The number of aliphatic carboxylic acids is 1. The average Bonchev–Trinajstić information content (AvgIpc) is 3.00. The maximum Gasteiger partial charge on any atom is 0.303 e. The first-order valence-corrected chi connectivity index (χ1v) is 11.5. The highest BCUT2D eigenvalue weighted by molar-refractivity contribution is 5.92. The molecule has 0 unspecified atom stereocenters. The fourth-order valence-electron chi connectivity index (χ4n) is 8.18. The maximum absolute atomic E-state index is 13.6. The van der Waals surface area contributed by atoms with Crippen LogP contribution in [0.15, 0.2) is 0 Å². The van der Waals surface area contributed by atoms with Crippen molar-refractivity contribution in [1.29, 1.82) is 0 Å². The number of carboxylic acids is 1. The Balaban J connectivity index is 1.63. The standard InChI is InChI=1S/C24H36O4/c1-14(7-10-21(27)28)16-8-9-17-22-18(13-20(26)24(16,17)3)23(2)11-5-4-6-15(23)12-19(22)25/h14-18,22H,4-13H2,1-3H3,(H,27,28)/t14-,15-,16-,17+,18+,22+,23+,24-/m1/s1. The molecule has 4 rings (SSSR count). The van der Waals surface area contributed by atoms with Crippen molar-refractivity contribution in [3.05, 3.63) is 0 Å². The van der Waals surface area contributed by atoms with Crippen LogP contribution in [0, 0.1) is 46.3 Å². The lowest BCUT2D eigenvalue weighted by Gasteiger charge is -2.59. The van der Waals surface area contributed by atoms with Gasteiger partial charge in [-0.05, 0) is 67.1 Å². The summed E-state index contributed by atoms with van der Waals surface area (Å²) in [5, 5.41) is 9.07. The van der Waals surface area contributed by atoms with Crippen molar-refractivity contribution in [2.24, 2.45) is 46.3 Å². The molecule has 0 aromatic heterocycles. The van der Waals surface area contributed by atoms with Gasteiger partial charge in [-0.1, -0.05) is 33.6 Å². The lowest BCUT2D eigenvalue weighted by Crippen LogP contribution is -2.59. The van der Waals surface area contributed by atoms with Crippen LogP contribution in [0.5, 0.6) is 0 Å². The van der Waals surface area contributed by atoms with Gasteiger partial charge in [-0.3, -0.25) is 14.4 Å². The molecule has 4 heteroatoms. The predicted octanol–water partition coefficient (Wildman–Crippen LogP) is 4.89. The van der Waals surface area contributed by atoms with Gasteiger partial charge in [-0.25, -0.2) is 0 Å². The highest BCUT2D eigenvalue weighted by Gasteiger charge is 2.65. The Morgan fingerprint density at radius 2 is 1.86 bits per heavy atom. The number of hydrogen-bond acceptors (Lipinski definition) is 3. The third kappa shape index (κ3) is 2.81. The minimum atomic E-state index is -0.764. The van der Waals surface area contributed by atoms with Crippen molar-refractivity contribution in [1.82, 2.24) is 0 Å². The summed E-state index contributed by atoms with van der Waals surface area (Å²) in [6, 6.07) is 0. The molecule has 4 aliphatic rings. The van der Waals surface area contributed by atoms with Crippen LogP contribution < -0.4 is 0 Å². The first-order chi connectivity index (χ1) is 13.2. The summed E-state index contributed by atoms with van der Waals surface area (Å²) in [6.07, 6.45) is 8.77. The zero-order valence-corrected chi connectivity index (χ0v) is 17.7. The molecule has 4 aliphatic carbocycles. The third-order valence-electron chi connectivity index (χ3n) is 9.82. The fraction of sp³-hybridized carbons (Fsp3) is 0.875. The van der Waals surface area contributed by atoms with E-state index in [0.29, 0.717) is 30.3 Å². The van der Waals surface area contributed by atoms with E-state index in [1.807, 2.05) is 0 Å². The zero-order valence-electron chi connectivity index (χ0n) is 17.7. The number of carboxylic acid groups (broad SMARTS) is 1. The smallest absolute Gasteiger partial charge is 0.303 e. The van der Waals surface area contributed by atoms with Gasteiger partial charge in [0.1, 0.15) is 11.6 Å². The first kappa shape index (κ1) is 20.1. The van der Waals surface area contributed by atoms with E-state index in [-0.39, 0.29) is 41.4 Å². The normalized spacial score (nSPS) is 46.5. The summed E-state index contributed by atoms with van der Waals surface area (Å²) in [7, 11) is 0. The van der Waals surface area contributed by atoms with E-state index >= 15 is 0 Å². The summed E-state index contributed by atoms with van der Waals surface area (Å²) >= 11 is 0. The number of Topliss-reactive ketones (excluding diaryl/α,β-unsaturated/α-hetero) is 2. The molecular weight excluding hydrogens is 352 g/mol. The van der Waals surface area contributed by atoms with E-state index < -0.39 is 11.4 Å². The van der Waals surface area contributed by atoms with Crippen LogP contribution in [-0.4, -0.2) is 22.6 Å². The van der Waals surface area contributed by atoms with Crippen LogP contribution >= 0.6 is 0 Å². The van der Waals surface area contributed by atoms with Crippen molar-refractivity contribution >= 4 is 17.5 Å². The van der Waals surface area contributed by atoms with Crippen molar-refractivity contribution in [2.45, 2.75) is 85.0 Å².